The van der Waals surface area contributed by atoms with E-state index in [0.29, 0.717) is 41.4 Å². The minimum atomic E-state index is -1.36. The molecular formula is C23H30N4O5. The summed E-state index contributed by atoms with van der Waals surface area (Å²) in [7, 11) is 0. The predicted molar refractivity (Wildman–Crippen MR) is 120 cm³/mol. The van der Waals surface area contributed by atoms with Gasteiger partial charge in [-0.25, -0.2) is 9.78 Å². The summed E-state index contributed by atoms with van der Waals surface area (Å²) >= 11 is 0. The monoisotopic (exact) mass is 442 g/mol. The largest absolute Gasteiger partial charge is 0.492 e. The Hall–Kier alpha value is -3.36. The number of nitrogens with zero attached hydrogens (tertiary/aromatic N) is 4. The Morgan fingerprint density at radius 2 is 1.94 bits per heavy atom. The van der Waals surface area contributed by atoms with Crippen molar-refractivity contribution < 1.29 is 19.4 Å². The normalized spacial score (nSPS) is 11.7. The number of hydrogen-bond acceptors (Lipinski definition) is 6. The van der Waals surface area contributed by atoms with Crippen LogP contribution in [0.1, 0.15) is 45.6 Å². The zero-order valence-corrected chi connectivity index (χ0v) is 19.2. The van der Waals surface area contributed by atoms with Gasteiger partial charge in [-0.05, 0) is 46.2 Å². The molecule has 2 heterocycles. The minimum Gasteiger partial charge on any atom is -0.492 e. The van der Waals surface area contributed by atoms with Crippen LogP contribution in [0.4, 0.5) is 0 Å². The van der Waals surface area contributed by atoms with E-state index < -0.39 is 11.6 Å². The second-order valence-corrected chi connectivity index (χ2v) is 8.07. The van der Waals surface area contributed by atoms with Crippen molar-refractivity contribution in [3.05, 3.63) is 46.1 Å². The zero-order valence-electron chi connectivity index (χ0n) is 19.2. The van der Waals surface area contributed by atoms with Crippen LogP contribution in [0.2, 0.25) is 0 Å². The molecule has 0 amide bonds. The third-order valence-electron chi connectivity index (χ3n) is 5.17. The van der Waals surface area contributed by atoms with Crippen LogP contribution in [-0.4, -0.2) is 42.6 Å². The van der Waals surface area contributed by atoms with E-state index in [4.69, 9.17) is 9.47 Å². The maximum absolute atomic E-state index is 13.2. The molecule has 0 spiro atoms. The number of rotatable bonds is 10. The molecule has 0 aliphatic carbocycles. The summed E-state index contributed by atoms with van der Waals surface area (Å²) in [5, 5.41) is 13.8. The molecule has 9 nitrogen and oxygen atoms in total. The van der Waals surface area contributed by atoms with Gasteiger partial charge in [0.2, 0.25) is 0 Å². The van der Waals surface area contributed by atoms with E-state index in [9.17, 15) is 14.7 Å². The first-order valence-electron chi connectivity index (χ1n) is 10.8. The SMILES string of the molecule is CCCc1nn(CC)c2c(=O)n(CCOc3cccc(OC(C)(C)C(=O)O)c3)c(C)nc12. The van der Waals surface area contributed by atoms with E-state index in [1.165, 1.54) is 13.8 Å². The molecule has 0 aliphatic heterocycles. The fraction of sp³-hybridized carbons (Fsp3) is 0.478. The standard InChI is InChI=1S/C23H30N4O5/c1-6-9-18-19-20(27(7-2)25-18)21(28)26(15(3)24-19)12-13-31-16-10-8-11-17(14-16)32-23(4,5)22(29)30/h8,10-11,14H,6-7,9,12-13H2,1-5H3,(H,29,30). The van der Waals surface area contributed by atoms with Gasteiger partial charge in [-0.2, -0.15) is 5.10 Å². The van der Waals surface area contributed by atoms with Crippen LogP contribution in [0.5, 0.6) is 11.5 Å². The van der Waals surface area contributed by atoms with E-state index in [1.54, 1.807) is 33.5 Å². The van der Waals surface area contributed by atoms with Crippen molar-refractivity contribution in [2.75, 3.05) is 6.61 Å². The number of carbonyl (C=O) groups is 1. The fourth-order valence-electron chi connectivity index (χ4n) is 3.45. The van der Waals surface area contributed by atoms with Crippen molar-refractivity contribution >= 4 is 17.0 Å². The van der Waals surface area contributed by atoms with Gasteiger partial charge in [0.15, 0.2) is 11.1 Å². The number of ether oxygens (including phenoxy) is 2. The van der Waals surface area contributed by atoms with Crippen LogP contribution in [-0.2, 0) is 24.3 Å². The zero-order chi connectivity index (χ0) is 23.5. The van der Waals surface area contributed by atoms with Gasteiger partial charge < -0.3 is 14.6 Å². The van der Waals surface area contributed by atoms with Crippen molar-refractivity contribution in [2.24, 2.45) is 0 Å². The Morgan fingerprint density at radius 3 is 2.59 bits per heavy atom. The fourth-order valence-corrected chi connectivity index (χ4v) is 3.45. The van der Waals surface area contributed by atoms with Gasteiger partial charge in [0.25, 0.3) is 5.56 Å². The summed E-state index contributed by atoms with van der Waals surface area (Å²) in [6.07, 6.45) is 1.71. The Bertz CT molecular complexity index is 1180. The van der Waals surface area contributed by atoms with Gasteiger partial charge in [-0.1, -0.05) is 19.4 Å². The molecule has 0 radical (unpaired) electrons. The average Bonchev–Trinajstić information content (AvgIpc) is 3.08. The second-order valence-electron chi connectivity index (χ2n) is 8.07. The summed E-state index contributed by atoms with van der Waals surface area (Å²) in [5.41, 5.74) is 0.567. The number of benzene rings is 1. The molecule has 1 aromatic carbocycles. The molecule has 9 heteroatoms. The number of carboxylic acid groups (broad SMARTS) is 1. The Kier molecular flexibility index (Phi) is 6.86. The van der Waals surface area contributed by atoms with E-state index in [2.05, 4.69) is 17.0 Å². The Morgan fingerprint density at radius 1 is 1.22 bits per heavy atom. The van der Waals surface area contributed by atoms with Gasteiger partial charge in [0, 0.05) is 12.6 Å². The summed E-state index contributed by atoms with van der Waals surface area (Å²) in [6.45, 7) is 9.94. The van der Waals surface area contributed by atoms with Crippen LogP contribution >= 0.6 is 0 Å². The third kappa shape index (κ3) is 4.76. The molecule has 2 aromatic heterocycles. The molecule has 0 bridgehead atoms. The summed E-state index contributed by atoms with van der Waals surface area (Å²) in [6, 6.07) is 6.78. The lowest BCUT2D eigenvalue weighted by molar-refractivity contribution is -0.152. The van der Waals surface area contributed by atoms with Gasteiger partial charge in [-0.15, -0.1) is 0 Å². The lowest BCUT2D eigenvalue weighted by Gasteiger charge is -2.21. The molecule has 0 fully saturated rings. The van der Waals surface area contributed by atoms with E-state index >= 15 is 0 Å². The van der Waals surface area contributed by atoms with Crippen LogP contribution < -0.4 is 15.0 Å². The van der Waals surface area contributed by atoms with Crippen LogP contribution in [0.15, 0.2) is 29.1 Å². The first-order valence-corrected chi connectivity index (χ1v) is 10.8. The number of aliphatic carboxylic acids is 1. The van der Waals surface area contributed by atoms with Gasteiger partial charge in [-0.3, -0.25) is 14.0 Å². The van der Waals surface area contributed by atoms with Crippen LogP contribution in [0, 0.1) is 6.92 Å². The molecule has 0 saturated heterocycles. The molecule has 0 unspecified atom stereocenters. The van der Waals surface area contributed by atoms with Crippen LogP contribution in [0.25, 0.3) is 11.0 Å². The highest BCUT2D eigenvalue weighted by Gasteiger charge is 2.29. The maximum Gasteiger partial charge on any atom is 0.347 e. The summed E-state index contributed by atoms with van der Waals surface area (Å²) in [4.78, 5) is 29.1. The molecule has 0 atom stereocenters. The summed E-state index contributed by atoms with van der Waals surface area (Å²) < 4.78 is 14.7. The molecule has 3 aromatic rings. The molecule has 0 saturated carbocycles. The molecule has 0 aliphatic rings. The second kappa shape index (κ2) is 9.42. The van der Waals surface area contributed by atoms with Gasteiger partial charge in [0.1, 0.15) is 29.4 Å². The molecule has 172 valence electrons. The lowest BCUT2D eigenvalue weighted by Crippen LogP contribution is -2.37. The number of aryl methyl sites for hydroxylation is 3. The average molecular weight is 443 g/mol. The molecule has 3 rings (SSSR count). The van der Waals surface area contributed by atoms with Crippen molar-refractivity contribution in [1.29, 1.82) is 0 Å². The van der Waals surface area contributed by atoms with Gasteiger partial charge in [0.05, 0.1) is 12.2 Å². The summed E-state index contributed by atoms with van der Waals surface area (Å²) in [5.74, 6) is 0.461. The lowest BCUT2D eigenvalue weighted by atomic mass is 10.1. The Labute approximate surface area is 186 Å². The van der Waals surface area contributed by atoms with Gasteiger partial charge >= 0.3 is 5.97 Å². The maximum atomic E-state index is 13.2. The highest BCUT2D eigenvalue weighted by Crippen LogP contribution is 2.24. The van der Waals surface area contributed by atoms with Crippen molar-refractivity contribution in [2.45, 2.75) is 66.2 Å². The van der Waals surface area contributed by atoms with Crippen molar-refractivity contribution in [3.8, 4) is 11.5 Å². The first kappa shape index (κ1) is 23.3. The Balaban J connectivity index is 1.78. The number of fused-ring (bicyclic) bond motifs is 1. The highest BCUT2D eigenvalue weighted by molar-refractivity contribution is 5.77. The third-order valence-corrected chi connectivity index (χ3v) is 5.17. The van der Waals surface area contributed by atoms with Crippen molar-refractivity contribution in [1.82, 2.24) is 19.3 Å². The quantitative estimate of drug-likeness (QED) is 0.514. The topological polar surface area (TPSA) is 108 Å². The number of carboxylic acids is 1. The van der Waals surface area contributed by atoms with E-state index in [-0.39, 0.29) is 12.2 Å². The molecule has 1 N–H and O–H groups in total. The smallest absolute Gasteiger partial charge is 0.347 e. The van der Waals surface area contributed by atoms with E-state index in [0.717, 1.165) is 18.5 Å². The predicted octanol–water partition coefficient (Wildman–Crippen LogP) is 3.19. The number of hydrogen-bond donors (Lipinski definition) is 1. The van der Waals surface area contributed by atoms with Crippen LogP contribution in [0.3, 0.4) is 0 Å². The van der Waals surface area contributed by atoms with Crippen molar-refractivity contribution in [3.63, 3.8) is 0 Å². The highest BCUT2D eigenvalue weighted by atomic mass is 16.5. The first-order chi connectivity index (χ1) is 15.2. The number of aromatic nitrogens is 4. The minimum absolute atomic E-state index is 0.131. The van der Waals surface area contributed by atoms with E-state index in [1.807, 2.05) is 13.8 Å². The molecular weight excluding hydrogens is 412 g/mol. The molecule has 32 heavy (non-hydrogen) atoms.